The van der Waals surface area contributed by atoms with E-state index in [-0.39, 0.29) is 22.9 Å². The molecule has 3 N–H and O–H groups in total. The lowest BCUT2D eigenvalue weighted by Gasteiger charge is -2.24. The summed E-state index contributed by atoms with van der Waals surface area (Å²) in [5.74, 6) is -1.17. The summed E-state index contributed by atoms with van der Waals surface area (Å²) in [7, 11) is 0. The fraction of sp³-hybridized carbons (Fsp3) is 0.286. The summed E-state index contributed by atoms with van der Waals surface area (Å²) >= 11 is 0. The maximum absolute atomic E-state index is 13.0. The van der Waals surface area contributed by atoms with Crippen molar-refractivity contribution in [1.82, 2.24) is 20.3 Å². The Morgan fingerprint density at radius 3 is 2.75 bits per heavy atom. The summed E-state index contributed by atoms with van der Waals surface area (Å²) in [6.07, 6.45) is 4.22. The first kappa shape index (κ1) is 17.2. The maximum Gasteiger partial charge on any atom is 0.278 e. The number of amides is 2. The van der Waals surface area contributed by atoms with Gasteiger partial charge in [-0.2, -0.15) is 5.10 Å². The number of anilines is 1. The van der Waals surface area contributed by atoms with Crippen molar-refractivity contribution in [3.63, 3.8) is 0 Å². The molecule has 0 radical (unpaired) electrons. The minimum atomic E-state index is -1.02. The van der Waals surface area contributed by atoms with Gasteiger partial charge in [-0.05, 0) is 13.0 Å². The second kappa shape index (κ2) is 7.90. The molecule has 0 saturated heterocycles. The van der Waals surface area contributed by atoms with E-state index in [9.17, 15) is 14.0 Å². The SMILES string of the molecule is CCN/C=C1\C(=N)C(CF)=NN(CC(=O)Nc2ncccn2)C1=O. The van der Waals surface area contributed by atoms with Gasteiger partial charge in [0.15, 0.2) is 0 Å². The number of nitrogens with one attached hydrogen (secondary N) is 3. The van der Waals surface area contributed by atoms with Gasteiger partial charge in [0.05, 0.1) is 11.3 Å². The number of carbonyl (C=O) groups is 2. The van der Waals surface area contributed by atoms with E-state index < -0.39 is 25.0 Å². The maximum atomic E-state index is 13.0. The Morgan fingerprint density at radius 2 is 2.12 bits per heavy atom. The molecule has 2 heterocycles. The molecular weight excluding hydrogens is 317 g/mol. The van der Waals surface area contributed by atoms with Crippen LogP contribution in [0.1, 0.15) is 6.92 Å². The quantitative estimate of drug-likeness (QED) is 0.637. The standard InChI is InChI=1S/C14H16FN7O2/c1-2-17-7-9-12(16)10(6-15)21-22(13(9)24)8-11(23)20-14-18-4-3-5-19-14/h3-5,7,16-17H,2,6,8H2,1H3,(H,18,19,20,23)/b9-7+,16-12?. The molecule has 2 amide bonds. The van der Waals surface area contributed by atoms with Crippen LogP contribution in [-0.4, -0.2) is 58.0 Å². The highest BCUT2D eigenvalue weighted by atomic mass is 19.1. The third-order valence-electron chi connectivity index (χ3n) is 2.95. The zero-order valence-corrected chi connectivity index (χ0v) is 12.9. The third kappa shape index (κ3) is 3.97. The first-order chi connectivity index (χ1) is 11.6. The molecule has 1 aromatic rings. The molecule has 0 bridgehead atoms. The zero-order chi connectivity index (χ0) is 17.5. The van der Waals surface area contributed by atoms with Crippen LogP contribution in [0.25, 0.3) is 0 Å². The highest BCUT2D eigenvalue weighted by Crippen LogP contribution is 2.13. The van der Waals surface area contributed by atoms with E-state index in [1.165, 1.54) is 18.6 Å². The van der Waals surface area contributed by atoms with Gasteiger partial charge in [-0.15, -0.1) is 0 Å². The van der Waals surface area contributed by atoms with E-state index in [0.717, 1.165) is 5.01 Å². The van der Waals surface area contributed by atoms with Crippen molar-refractivity contribution in [1.29, 1.82) is 5.41 Å². The molecule has 0 aromatic carbocycles. The van der Waals surface area contributed by atoms with Gasteiger partial charge >= 0.3 is 0 Å². The van der Waals surface area contributed by atoms with Crippen LogP contribution in [0.4, 0.5) is 10.3 Å². The summed E-state index contributed by atoms with van der Waals surface area (Å²) in [6, 6.07) is 1.59. The average molecular weight is 333 g/mol. The van der Waals surface area contributed by atoms with Crippen molar-refractivity contribution in [3.8, 4) is 0 Å². The van der Waals surface area contributed by atoms with Crippen LogP contribution in [0.3, 0.4) is 0 Å². The van der Waals surface area contributed by atoms with Crippen LogP contribution in [-0.2, 0) is 9.59 Å². The van der Waals surface area contributed by atoms with Crippen LogP contribution in [0, 0.1) is 5.41 Å². The van der Waals surface area contributed by atoms with Gasteiger partial charge in [-0.25, -0.2) is 19.4 Å². The monoisotopic (exact) mass is 333 g/mol. The normalized spacial score (nSPS) is 16.2. The minimum absolute atomic E-state index is 0.0525. The molecule has 10 heteroatoms. The number of halogens is 1. The molecule has 0 unspecified atom stereocenters. The number of carbonyl (C=O) groups excluding carboxylic acids is 2. The van der Waals surface area contributed by atoms with Crippen molar-refractivity contribution >= 4 is 29.2 Å². The lowest BCUT2D eigenvalue weighted by atomic mass is 10.1. The number of hydrazone groups is 1. The second-order valence-corrected chi connectivity index (χ2v) is 4.65. The van der Waals surface area contributed by atoms with Crippen molar-refractivity contribution in [2.45, 2.75) is 6.92 Å². The molecule has 24 heavy (non-hydrogen) atoms. The smallest absolute Gasteiger partial charge is 0.278 e. The highest BCUT2D eigenvalue weighted by molar-refractivity contribution is 6.54. The van der Waals surface area contributed by atoms with Crippen LogP contribution in [0.5, 0.6) is 0 Å². The predicted molar refractivity (Wildman–Crippen MR) is 85.3 cm³/mol. The molecule has 0 spiro atoms. The lowest BCUT2D eigenvalue weighted by Crippen LogP contribution is -2.43. The predicted octanol–water partition coefficient (Wildman–Crippen LogP) is 0.0960. The molecular formula is C14H16FN7O2. The second-order valence-electron chi connectivity index (χ2n) is 4.65. The topological polar surface area (TPSA) is 123 Å². The number of hydrogen-bond acceptors (Lipinski definition) is 7. The largest absolute Gasteiger partial charge is 0.390 e. The van der Waals surface area contributed by atoms with E-state index in [4.69, 9.17) is 5.41 Å². The third-order valence-corrected chi connectivity index (χ3v) is 2.95. The van der Waals surface area contributed by atoms with Gasteiger partial charge in [0.2, 0.25) is 11.9 Å². The Hall–Kier alpha value is -3.17. The Balaban J connectivity index is 2.15. The van der Waals surface area contributed by atoms with E-state index in [0.29, 0.717) is 6.54 Å². The van der Waals surface area contributed by atoms with Gasteiger partial charge in [-0.3, -0.25) is 20.3 Å². The molecule has 1 aromatic heterocycles. The summed E-state index contributed by atoms with van der Waals surface area (Å²) in [6.45, 7) is 0.869. The Bertz CT molecular complexity index is 702. The Morgan fingerprint density at radius 1 is 1.42 bits per heavy atom. The molecule has 2 rings (SSSR count). The van der Waals surface area contributed by atoms with Gasteiger partial charge < -0.3 is 5.32 Å². The van der Waals surface area contributed by atoms with E-state index >= 15 is 0 Å². The van der Waals surface area contributed by atoms with Crippen LogP contribution in [0.2, 0.25) is 0 Å². The number of aromatic nitrogens is 2. The average Bonchev–Trinajstić information content (AvgIpc) is 2.58. The molecule has 1 aliphatic heterocycles. The molecule has 0 saturated carbocycles. The van der Waals surface area contributed by atoms with Crippen LogP contribution >= 0.6 is 0 Å². The minimum Gasteiger partial charge on any atom is -0.390 e. The Labute approximate surface area is 137 Å². The molecule has 0 aliphatic carbocycles. The van der Waals surface area contributed by atoms with Gasteiger partial charge in [0.25, 0.3) is 5.91 Å². The molecule has 0 fully saturated rings. The fourth-order valence-corrected chi connectivity index (χ4v) is 1.85. The fourth-order valence-electron chi connectivity index (χ4n) is 1.85. The van der Waals surface area contributed by atoms with Crippen molar-refractivity contribution in [2.75, 3.05) is 25.1 Å². The summed E-state index contributed by atoms with van der Waals surface area (Å²) in [5, 5.41) is 17.6. The first-order valence-electron chi connectivity index (χ1n) is 7.11. The molecule has 126 valence electrons. The molecule has 1 aliphatic rings. The van der Waals surface area contributed by atoms with Gasteiger partial charge in [-0.1, -0.05) is 0 Å². The zero-order valence-electron chi connectivity index (χ0n) is 12.9. The van der Waals surface area contributed by atoms with E-state index in [1.54, 1.807) is 6.07 Å². The Kier molecular flexibility index (Phi) is 5.66. The summed E-state index contributed by atoms with van der Waals surface area (Å²) in [4.78, 5) is 32.0. The van der Waals surface area contributed by atoms with Gasteiger partial charge in [0.1, 0.15) is 18.9 Å². The van der Waals surface area contributed by atoms with Crippen molar-refractivity contribution in [3.05, 3.63) is 30.2 Å². The molecule has 0 atom stereocenters. The highest BCUT2D eigenvalue weighted by Gasteiger charge is 2.31. The number of nitrogens with zero attached hydrogens (tertiary/aromatic N) is 4. The number of hydrogen-bond donors (Lipinski definition) is 3. The van der Waals surface area contributed by atoms with Gasteiger partial charge in [0, 0.05) is 25.1 Å². The van der Waals surface area contributed by atoms with Crippen molar-refractivity contribution < 1.29 is 14.0 Å². The number of rotatable bonds is 6. The summed E-state index contributed by atoms with van der Waals surface area (Å²) in [5.41, 5.74) is -0.572. The molecule has 9 nitrogen and oxygen atoms in total. The number of alkyl halides is 1. The van der Waals surface area contributed by atoms with E-state index in [1.807, 2.05) is 6.92 Å². The summed E-state index contributed by atoms with van der Waals surface area (Å²) < 4.78 is 13.0. The first-order valence-corrected chi connectivity index (χ1v) is 7.11. The van der Waals surface area contributed by atoms with Crippen molar-refractivity contribution in [2.24, 2.45) is 5.10 Å². The van der Waals surface area contributed by atoms with E-state index in [2.05, 4.69) is 25.7 Å². The lowest BCUT2D eigenvalue weighted by molar-refractivity contribution is -0.131. The van der Waals surface area contributed by atoms with Crippen LogP contribution in [0.15, 0.2) is 35.3 Å². The van der Waals surface area contributed by atoms with Crippen LogP contribution < -0.4 is 10.6 Å².